The van der Waals surface area contributed by atoms with Crippen molar-refractivity contribution in [2.45, 2.75) is 19.8 Å². The molecule has 1 aliphatic rings. The molecule has 0 heterocycles. The molecular weight excluding hydrogens is 136 g/mol. The predicted octanol–water partition coefficient (Wildman–Crippen LogP) is 2.34. The van der Waals surface area contributed by atoms with E-state index in [-0.39, 0.29) is 11.7 Å². The molecule has 2 atom stereocenters. The van der Waals surface area contributed by atoms with E-state index in [0.29, 0.717) is 5.92 Å². The van der Waals surface area contributed by atoms with Gasteiger partial charge in [-0.1, -0.05) is 18.2 Å². The molecule has 0 aliphatic heterocycles. The van der Waals surface area contributed by atoms with Crippen LogP contribution >= 0.6 is 0 Å². The third-order valence-corrected chi connectivity index (χ3v) is 2.23. The summed E-state index contributed by atoms with van der Waals surface area (Å²) in [6.07, 6.45) is 8.01. The lowest BCUT2D eigenvalue weighted by atomic mass is 9.90. The summed E-state index contributed by atoms with van der Waals surface area (Å²) in [7, 11) is 0. The maximum Gasteiger partial charge on any atom is 0.136 e. The fourth-order valence-corrected chi connectivity index (χ4v) is 1.63. The van der Waals surface area contributed by atoms with Crippen LogP contribution in [0.4, 0.5) is 0 Å². The number of hydrogen-bond acceptors (Lipinski definition) is 1. The van der Waals surface area contributed by atoms with Gasteiger partial charge in [-0.15, -0.1) is 6.58 Å². The van der Waals surface area contributed by atoms with Gasteiger partial charge in [0, 0.05) is 5.92 Å². The highest BCUT2D eigenvalue weighted by Gasteiger charge is 2.24. The van der Waals surface area contributed by atoms with Crippen molar-refractivity contribution in [2.24, 2.45) is 11.8 Å². The van der Waals surface area contributed by atoms with Gasteiger partial charge in [-0.3, -0.25) is 4.79 Å². The molecule has 0 radical (unpaired) electrons. The van der Waals surface area contributed by atoms with Crippen LogP contribution in [0.2, 0.25) is 0 Å². The minimum absolute atomic E-state index is 0.160. The minimum atomic E-state index is 0.160. The van der Waals surface area contributed by atoms with Crippen LogP contribution in [0.1, 0.15) is 19.8 Å². The van der Waals surface area contributed by atoms with Crippen molar-refractivity contribution in [3.63, 3.8) is 0 Å². The van der Waals surface area contributed by atoms with E-state index >= 15 is 0 Å². The lowest BCUT2D eigenvalue weighted by Crippen LogP contribution is -2.15. The average Bonchev–Trinajstić information content (AvgIpc) is 2.36. The number of ketones is 1. The van der Waals surface area contributed by atoms with Gasteiger partial charge in [0.25, 0.3) is 0 Å². The standard InChI is InChI=1S/C10H14O/c1-3-5-9-6-4-7-10(9)8(2)11/h3-4,7,9-10H,1,5-6H2,2H3/t9-,10+/m1/s1. The molecule has 0 unspecified atom stereocenters. The molecule has 0 spiro atoms. The van der Waals surface area contributed by atoms with E-state index in [1.54, 1.807) is 6.92 Å². The van der Waals surface area contributed by atoms with Crippen LogP contribution < -0.4 is 0 Å². The Morgan fingerprint density at radius 2 is 2.55 bits per heavy atom. The zero-order chi connectivity index (χ0) is 8.27. The van der Waals surface area contributed by atoms with E-state index in [2.05, 4.69) is 12.7 Å². The third kappa shape index (κ3) is 1.79. The Kier molecular flexibility index (Phi) is 2.64. The fraction of sp³-hybridized carbons (Fsp3) is 0.500. The Bertz CT molecular complexity index is 191. The molecule has 11 heavy (non-hydrogen) atoms. The quantitative estimate of drug-likeness (QED) is 0.564. The summed E-state index contributed by atoms with van der Waals surface area (Å²) in [5.74, 6) is 0.934. The predicted molar refractivity (Wildman–Crippen MR) is 46.2 cm³/mol. The van der Waals surface area contributed by atoms with E-state index in [1.807, 2.05) is 12.2 Å². The maximum atomic E-state index is 11.0. The van der Waals surface area contributed by atoms with Crippen LogP contribution in [0, 0.1) is 11.8 Å². The Morgan fingerprint density at radius 1 is 1.82 bits per heavy atom. The van der Waals surface area contributed by atoms with Crippen molar-refractivity contribution in [3.8, 4) is 0 Å². The van der Waals surface area contributed by atoms with Crippen LogP contribution in [0.5, 0.6) is 0 Å². The van der Waals surface area contributed by atoms with Crippen LogP contribution in [-0.4, -0.2) is 5.78 Å². The smallest absolute Gasteiger partial charge is 0.136 e. The first kappa shape index (κ1) is 8.25. The second-order valence-electron chi connectivity index (χ2n) is 3.08. The zero-order valence-electron chi connectivity index (χ0n) is 6.92. The molecule has 0 saturated heterocycles. The van der Waals surface area contributed by atoms with Crippen molar-refractivity contribution in [3.05, 3.63) is 24.8 Å². The summed E-state index contributed by atoms with van der Waals surface area (Å²) in [5.41, 5.74) is 0. The van der Waals surface area contributed by atoms with Crippen LogP contribution in [-0.2, 0) is 4.79 Å². The molecule has 1 nitrogen and oxygen atoms in total. The van der Waals surface area contributed by atoms with Gasteiger partial charge < -0.3 is 0 Å². The average molecular weight is 150 g/mol. The highest BCUT2D eigenvalue weighted by atomic mass is 16.1. The molecule has 1 heteroatoms. The summed E-state index contributed by atoms with van der Waals surface area (Å²) in [4.78, 5) is 11.0. The van der Waals surface area contributed by atoms with Gasteiger partial charge in [0.15, 0.2) is 0 Å². The van der Waals surface area contributed by atoms with Gasteiger partial charge in [-0.25, -0.2) is 0 Å². The Labute approximate surface area is 67.8 Å². The monoisotopic (exact) mass is 150 g/mol. The molecule has 1 rings (SSSR count). The lowest BCUT2D eigenvalue weighted by Gasteiger charge is -2.13. The van der Waals surface area contributed by atoms with Gasteiger partial charge in [0.2, 0.25) is 0 Å². The van der Waals surface area contributed by atoms with Gasteiger partial charge in [0.05, 0.1) is 0 Å². The number of allylic oxidation sites excluding steroid dienone is 3. The van der Waals surface area contributed by atoms with Crippen molar-refractivity contribution in [2.75, 3.05) is 0 Å². The second kappa shape index (κ2) is 3.51. The Hall–Kier alpha value is -0.850. The van der Waals surface area contributed by atoms with E-state index in [0.717, 1.165) is 12.8 Å². The maximum absolute atomic E-state index is 11.0. The molecule has 0 saturated carbocycles. The molecule has 0 fully saturated rings. The topological polar surface area (TPSA) is 17.1 Å². The van der Waals surface area contributed by atoms with E-state index < -0.39 is 0 Å². The van der Waals surface area contributed by atoms with Crippen LogP contribution in [0.25, 0.3) is 0 Å². The first-order valence-corrected chi connectivity index (χ1v) is 4.03. The molecule has 0 aromatic rings. The molecule has 0 amide bonds. The lowest BCUT2D eigenvalue weighted by molar-refractivity contribution is -0.120. The molecule has 0 aromatic heterocycles. The summed E-state index contributed by atoms with van der Waals surface area (Å²) in [6.45, 7) is 5.34. The molecule has 1 aliphatic carbocycles. The van der Waals surface area contributed by atoms with Gasteiger partial charge in [0.1, 0.15) is 5.78 Å². The molecule has 60 valence electrons. The summed E-state index contributed by atoms with van der Waals surface area (Å²) < 4.78 is 0. The number of carbonyl (C=O) groups is 1. The first-order valence-electron chi connectivity index (χ1n) is 4.03. The highest BCUT2D eigenvalue weighted by molar-refractivity contribution is 5.80. The molecule has 0 bridgehead atoms. The summed E-state index contributed by atoms with van der Waals surface area (Å²) in [5, 5.41) is 0. The van der Waals surface area contributed by atoms with E-state index in [1.165, 1.54) is 0 Å². The molecular formula is C10H14O. The van der Waals surface area contributed by atoms with Gasteiger partial charge in [-0.05, 0) is 25.7 Å². The van der Waals surface area contributed by atoms with Gasteiger partial charge >= 0.3 is 0 Å². The van der Waals surface area contributed by atoms with Crippen molar-refractivity contribution in [1.82, 2.24) is 0 Å². The second-order valence-corrected chi connectivity index (χ2v) is 3.08. The van der Waals surface area contributed by atoms with Crippen molar-refractivity contribution in [1.29, 1.82) is 0 Å². The minimum Gasteiger partial charge on any atom is -0.299 e. The molecule has 0 N–H and O–H groups in total. The number of hydrogen-bond donors (Lipinski definition) is 0. The third-order valence-electron chi connectivity index (χ3n) is 2.23. The van der Waals surface area contributed by atoms with E-state index in [9.17, 15) is 4.79 Å². The normalized spacial score (nSPS) is 28.8. The van der Waals surface area contributed by atoms with Crippen molar-refractivity contribution >= 4 is 5.78 Å². The van der Waals surface area contributed by atoms with Gasteiger partial charge in [-0.2, -0.15) is 0 Å². The van der Waals surface area contributed by atoms with Crippen LogP contribution in [0.3, 0.4) is 0 Å². The van der Waals surface area contributed by atoms with Crippen molar-refractivity contribution < 1.29 is 4.79 Å². The number of rotatable bonds is 3. The summed E-state index contributed by atoms with van der Waals surface area (Å²) in [6, 6.07) is 0. The number of carbonyl (C=O) groups excluding carboxylic acids is 1. The van der Waals surface area contributed by atoms with Crippen LogP contribution in [0.15, 0.2) is 24.8 Å². The largest absolute Gasteiger partial charge is 0.299 e. The fourth-order valence-electron chi connectivity index (χ4n) is 1.63. The summed E-state index contributed by atoms with van der Waals surface area (Å²) >= 11 is 0. The van der Waals surface area contributed by atoms with E-state index in [4.69, 9.17) is 0 Å². The Balaban J connectivity index is 2.55. The zero-order valence-corrected chi connectivity index (χ0v) is 6.92. The number of Topliss-reactive ketones (excluding diaryl/α,β-unsaturated/α-hetero) is 1. The highest BCUT2D eigenvalue weighted by Crippen LogP contribution is 2.28. The Morgan fingerprint density at radius 3 is 3.09 bits per heavy atom. The first-order chi connectivity index (χ1) is 5.25. The SMILES string of the molecule is C=CC[C@@H]1CC=C[C@H]1C(C)=O. The molecule has 0 aromatic carbocycles.